The Morgan fingerprint density at radius 2 is 1.62 bits per heavy atom. The molecule has 0 aromatic heterocycles. The number of hydrogen-bond acceptors (Lipinski definition) is 6. The number of ether oxygens (including phenoxy) is 4. The fourth-order valence-electron chi connectivity index (χ4n) is 4.65. The molecule has 0 spiro atoms. The first-order chi connectivity index (χ1) is 16.5. The molecule has 34 heavy (non-hydrogen) atoms. The summed E-state index contributed by atoms with van der Waals surface area (Å²) in [5, 5.41) is 0. The van der Waals surface area contributed by atoms with Crippen LogP contribution in [0, 0.1) is 13.8 Å². The minimum atomic E-state index is -0.573. The molecule has 0 bridgehead atoms. The van der Waals surface area contributed by atoms with Gasteiger partial charge in [0.05, 0.1) is 27.4 Å². The van der Waals surface area contributed by atoms with Gasteiger partial charge in [-0.1, -0.05) is 12.1 Å². The van der Waals surface area contributed by atoms with E-state index in [4.69, 9.17) is 18.9 Å². The second kappa shape index (κ2) is 11.1. The molecule has 2 atom stereocenters. The lowest BCUT2D eigenvalue weighted by molar-refractivity contribution is -0.164. The summed E-state index contributed by atoms with van der Waals surface area (Å²) < 4.78 is 22.7. The summed E-state index contributed by atoms with van der Waals surface area (Å²) in [4.78, 5) is 17.6. The summed E-state index contributed by atoms with van der Waals surface area (Å²) in [6, 6.07) is 11.7. The second-order valence-corrected chi connectivity index (χ2v) is 9.09. The Labute approximate surface area is 202 Å². The number of aryl methyl sites for hydroxylation is 2. The minimum absolute atomic E-state index is 0.0269. The van der Waals surface area contributed by atoms with E-state index < -0.39 is 6.10 Å². The molecule has 0 radical (unpaired) electrons. The zero-order valence-corrected chi connectivity index (χ0v) is 20.7. The standard InChI is InChI=1S/C27H36N2O5/c1-19-7-8-20(2)24(15-19)34-26-25(21-16-22(31-3)18-23(17-21)32-4)29(27(26)30)10-6-5-9-28-11-13-33-14-12-28/h7-8,15-18,25-26H,5-6,9-14H2,1-4H3. The van der Waals surface area contributed by atoms with Gasteiger partial charge in [0, 0.05) is 25.7 Å². The van der Waals surface area contributed by atoms with E-state index in [9.17, 15) is 4.79 Å². The third kappa shape index (κ3) is 5.47. The monoisotopic (exact) mass is 468 g/mol. The van der Waals surface area contributed by atoms with Crippen LogP contribution in [0.2, 0.25) is 0 Å². The Hall–Kier alpha value is -2.77. The quantitative estimate of drug-likeness (QED) is 0.391. The van der Waals surface area contributed by atoms with Crippen molar-refractivity contribution >= 4 is 5.91 Å². The van der Waals surface area contributed by atoms with Gasteiger partial charge in [-0.15, -0.1) is 0 Å². The molecule has 0 aliphatic carbocycles. The van der Waals surface area contributed by atoms with Gasteiger partial charge in [0.25, 0.3) is 5.91 Å². The maximum absolute atomic E-state index is 13.3. The van der Waals surface area contributed by atoms with Gasteiger partial charge in [-0.3, -0.25) is 9.69 Å². The van der Waals surface area contributed by atoms with Crippen LogP contribution in [0.3, 0.4) is 0 Å². The van der Waals surface area contributed by atoms with Crippen LogP contribution in [0.1, 0.15) is 35.6 Å². The van der Waals surface area contributed by atoms with Crippen LogP contribution in [-0.2, 0) is 9.53 Å². The van der Waals surface area contributed by atoms with Gasteiger partial charge in [0.2, 0.25) is 6.10 Å². The van der Waals surface area contributed by atoms with Gasteiger partial charge in [-0.05, 0) is 68.1 Å². The molecule has 7 heteroatoms. The highest BCUT2D eigenvalue weighted by atomic mass is 16.5. The van der Waals surface area contributed by atoms with Crippen LogP contribution >= 0.6 is 0 Å². The molecule has 0 saturated carbocycles. The molecule has 184 valence electrons. The Morgan fingerprint density at radius 1 is 0.941 bits per heavy atom. The lowest BCUT2D eigenvalue weighted by Crippen LogP contribution is -2.61. The molecule has 4 rings (SSSR count). The number of morpholine rings is 1. The molecular formula is C27H36N2O5. The predicted octanol–water partition coefficient (Wildman–Crippen LogP) is 3.76. The lowest BCUT2D eigenvalue weighted by atomic mass is 9.89. The van der Waals surface area contributed by atoms with Crippen LogP contribution in [0.5, 0.6) is 17.2 Å². The van der Waals surface area contributed by atoms with E-state index in [1.807, 2.05) is 49.1 Å². The van der Waals surface area contributed by atoms with Gasteiger partial charge >= 0.3 is 0 Å². The first-order valence-corrected chi connectivity index (χ1v) is 12.1. The second-order valence-electron chi connectivity index (χ2n) is 9.09. The van der Waals surface area contributed by atoms with Crippen LogP contribution in [-0.4, -0.2) is 75.4 Å². The number of nitrogens with zero attached hydrogens (tertiary/aromatic N) is 2. The van der Waals surface area contributed by atoms with Crippen molar-refractivity contribution in [3.05, 3.63) is 53.1 Å². The maximum Gasteiger partial charge on any atom is 0.266 e. The number of β-lactam (4-membered cyclic amide) rings is 1. The SMILES string of the molecule is COc1cc(OC)cc(C2C(Oc3cc(C)ccc3C)C(=O)N2CCCCN2CCOCC2)c1. The van der Waals surface area contributed by atoms with Gasteiger partial charge in [0.1, 0.15) is 23.3 Å². The Balaban J connectivity index is 1.50. The van der Waals surface area contributed by atoms with Crippen molar-refractivity contribution in [1.82, 2.24) is 9.80 Å². The highest BCUT2D eigenvalue weighted by Crippen LogP contribution is 2.41. The average Bonchev–Trinajstić information content (AvgIpc) is 2.86. The van der Waals surface area contributed by atoms with Gasteiger partial charge < -0.3 is 23.8 Å². The summed E-state index contributed by atoms with van der Waals surface area (Å²) in [6.07, 6.45) is 1.41. The molecule has 1 amide bonds. The number of hydrogen-bond donors (Lipinski definition) is 0. The Kier molecular flexibility index (Phi) is 7.95. The summed E-state index contributed by atoms with van der Waals surface area (Å²) in [6.45, 7) is 9.35. The van der Waals surface area contributed by atoms with E-state index >= 15 is 0 Å². The molecule has 2 unspecified atom stereocenters. The third-order valence-corrected chi connectivity index (χ3v) is 6.69. The van der Waals surface area contributed by atoms with Crippen molar-refractivity contribution in [3.8, 4) is 17.2 Å². The first kappa shape index (κ1) is 24.4. The number of methoxy groups -OCH3 is 2. The number of likely N-dealkylation sites (tertiary alicyclic amines) is 1. The van der Waals surface area contributed by atoms with Gasteiger partial charge in [0.15, 0.2) is 0 Å². The number of unbranched alkanes of at least 4 members (excludes halogenated alkanes) is 1. The van der Waals surface area contributed by atoms with Crippen molar-refractivity contribution < 1.29 is 23.7 Å². The zero-order chi connectivity index (χ0) is 24.1. The average molecular weight is 469 g/mol. The van der Waals surface area contributed by atoms with E-state index in [1.165, 1.54) is 0 Å². The molecule has 2 fully saturated rings. The molecule has 2 aliphatic heterocycles. The largest absolute Gasteiger partial charge is 0.497 e. The molecule has 7 nitrogen and oxygen atoms in total. The normalized spacial score (nSPS) is 20.7. The lowest BCUT2D eigenvalue weighted by Gasteiger charge is -2.47. The van der Waals surface area contributed by atoms with Crippen molar-refractivity contribution in [3.63, 3.8) is 0 Å². The van der Waals surface area contributed by atoms with Crippen molar-refractivity contribution in [2.45, 2.75) is 38.8 Å². The van der Waals surface area contributed by atoms with E-state index in [0.717, 1.165) is 68.1 Å². The third-order valence-electron chi connectivity index (χ3n) is 6.69. The first-order valence-electron chi connectivity index (χ1n) is 12.1. The van der Waals surface area contributed by atoms with E-state index in [0.29, 0.717) is 18.0 Å². The maximum atomic E-state index is 13.3. The van der Waals surface area contributed by atoms with Crippen LogP contribution in [0.25, 0.3) is 0 Å². The molecule has 2 aliphatic rings. The number of amides is 1. The molecule has 2 aromatic rings. The fourth-order valence-corrected chi connectivity index (χ4v) is 4.65. The molecular weight excluding hydrogens is 432 g/mol. The van der Waals surface area contributed by atoms with E-state index in [-0.39, 0.29) is 11.9 Å². The van der Waals surface area contributed by atoms with Gasteiger partial charge in [-0.2, -0.15) is 0 Å². The van der Waals surface area contributed by atoms with Crippen LogP contribution in [0.4, 0.5) is 0 Å². The number of rotatable bonds is 10. The van der Waals surface area contributed by atoms with Crippen LogP contribution < -0.4 is 14.2 Å². The summed E-state index contributed by atoms with van der Waals surface area (Å²) in [7, 11) is 3.27. The smallest absolute Gasteiger partial charge is 0.266 e. The molecule has 2 aromatic carbocycles. The highest BCUT2D eigenvalue weighted by molar-refractivity contribution is 5.89. The fraction of sp³-hybridized carbons (Fsp3) is 0.519. The number of carbonyl (C=O) groups is 1. The zero-order valence-electron chi connectivity index (χ0n) is 20.7. The van der Waals surface area contributed by atoms with Crippen molar-refractivity contribution in [2.24, 2.45) is 0 Å². The number of carbonyl (C=O) groups excluding carboxylic acids is 1. The van der Waals surface area contributed by atoms with Gasteiger partial charge in [-0.25, -0.2) is 0 Å². The predicted molar refractivity (Wildman–Crippen MR) is 131 cm³/mol. The minimum Gasteiger partial charge on any atom is -0.497 e. The van der Waals surface area contributed by atoms with Crippen molar-refractivity contribution in [2.75, 3.05) is 53.6 Å². The van der Waals surface area contributed by atoms with Crippen LogP contribution in [0.15, 0.2) is 36.4 Å². The highest BCUT2D eigenvalue weighted by Gasteiger charge is 2.50. The molecule has 2 saturated heterocycles. The summed E-state index contributed by atoms with van der Waals surface area (Å²) in [5.74, 6) is 2.18. The summed E-state index contributed by atoms with van der Waals surface area (Å²) >= 11 is 0. The molecule has 0 N–H and O–H groups in total. The topological polar surface area (TPSA) is 60.5 Å². The van der Waals surface area contributed by atoms with E-state index in [1.54, 1.807) is 14.2 Å². The number of benzene rings is 2. The Morgan fingerprint density at radius 3 is 2.29 bits per heavy atom. The van der Waals surface area contributed by atoms with E-state index in [2.05, 4.69) is 11.0 Å². The Bertz CT molecular complexity index is 967. The van der Waals surface area contributed by atoms with Crippen molar-refractivity contribution in [1.29, 1.82) is 0 Å². The molecule has 2 heterocycles. The summed E-state index contributed by atoms with van der Waals surface area (Å²) in [5.41, 5.74) is 3.08.